The number of carbonyl (C=O) groups excluding carboxylic acids is 1. The van der Waals surface area contributed by atoms with Gasteiger partial charge in [0.25, 0.3) is 0 Å². The molecule has 0 saturated carbocycles. The molecule has 0 N–H and O–H groups in total. The lowest BCUT2D eigenvalue weighted by Crippen LogP contribution is -2.01. The first-order valence-electron chi connectivity index (χ1n) is 4.65. The third-order valence-corrected chi connectivity index (χ3v) is 2.75. The molecule has 0 aromatic heterocycles. The Kier molecular flexibility index (Phi) is 2.86. The summed E-state index contributed by atoms with van der Waals surface area (Å²) >= 11 is 1.57. The molecule has 15 heavy (non-hydrogen) atoms. The number of hydrogen-bond donors (Lipinski definition) is 0. The molecular weight excluding hydrogens is 212 g/mol. The summed E-state index contributed by atoms with van der Waals surface area (Å²) in [7, 11) is 0. The number of benzene rings is 1. The average molecular weight is 224 g/mol. The van der Waals surface area contributed by atoms with Gasteiger partial charge in [0, 0.05) is 5.56 Å². The Morgan fingerprint density at radius 2 is 2.33 bits per heavy atom. The molecular formula is C11H12O3S. The van der Waals surface area contributed by atoms with Gasteiger partial charge in [0.15, 0.2) is 0 Å². The standard InChI is InChI=1S/C11H12O3S/c1-7-3-4-9(14-6-15-2)10-8(7)5-13-11(10)12/h3-4H,5-6H2,1-2H3. The van der Waals surface area contributed by atoms with Crippen molar-refractivity contribution in [1.29, 1.82) is 0 Å². The summed E-state index contributed by atoms with van der Waals surface area (Å²) in [5.74, 6) is 0.903. The molecule has 1 aliphatic rings. The summed E-state index contributed by atoms with van der Waals surface area (Å²) in [6.45, 7) is 2.34. The predicted octanol–water partition coefficient (Wildman–Crippen LogP) is 2.36. The SMILES string of the molecule is CSCOc1ccc(C)c2c1C(=O)OC2. The van der Waals surface area contributed by atoms with E-state index in [0.717, 1.165) is 11.1 Å². The molecule has 0 fully saturated rings. The Morgan fingerprint density at radius 1 is 1.53 bits per heavy atom. The minimum atomic E-state index is -0.273. The molecule has 3 nitrogen and oxygen atoms in total. The number of fused-ring (bicyclic) bond motifs is 1. The Labute approximate surface area is 92.8 Å². The molecule has 0 radical (unpaired) electrons. The highest BCUT2D eigenvalue weighted by Gasteiger charge is 2.27. The van der Waals surface area contributed by atoms with Crippen molar-refractivity contribution in [3.63, 3.8) is 0 Å². The minimum Gasteiger partial charge on any atom is -0.482 e. The first-order valence-corrected chi connectivity index (χ1v) is 6.04. The fourth-order valence-electron chi connectivity index (χ4n) is 1.59. The molecule has 0 spiro atoms. The maximum absolute atomic E-state index is 11.5. The second kappa shape index (κ2) is 4.14. The maximum atomic E-state index is 11.5. The van der Waals surface area contributed by atoms with Crippen LogP contribution in [0.2, 0.25) is 0 Å². The number of esters is 1. The van der Waals surface area contributed by atoms with Gasteiger partial charge in [0.05, 0.1) is 0 Å². The quantitative estimate of drug-likeness (QED) is 0.583. The lowest BCUT2D eigenvalue weighted by Gasteiger charge is -2.08. The van der Waals surface area contributed by atoms with Crippen LogP contribution in [0.15, 0.2) is 12.1 Å². The number of cyclic esters (lactones) is 1. The van der Waals surface area contributed by atoms with Crippen LogP contribution in [-0.2, 0) is 11.3 Å². The monoisotopic (exact) mass is 224 g/mol. The van der Waals surface area contributed by atoms with Gasteiger partial charge in [-0.2, -0.15) is 0 Å². The van der Waals surface area contributed by atoms with Gasteiger partial charge < -0.3 is 9.47 Å². The molecule has 80 valence electrons. The highest BCUT2D eigenvalue weighted by molar-refractivity contribution is 7.98. The second-order valence-electron chi connectivity index (χ2n) is 3.36. The van der Waals surface area contributed by atoms with Gasteiger partial charge in [-0.25, -0.2) is 4.79 Å². The second-order valence-corrected chi connectivity index (χ2v) is 4.17. The van der Waals surface area contributed by atoms with E-state index in [0.29, 0.717) is 23.9 Å². The van der Waals surface area contributed by atoms with Crippen LogP contribution >= 0.6 is 11.8 Å². The van der Waals surface area contributed by atoms with Gasteiger partial charge in [-0.1, -0.05) is 6.07 Å². The number of ether oxygens (including phenoxy) is 2. The number of aryl methyl sites for hydroxylation is 1. The van der Waals surface area contributed by atoms with Crippen LogP contribution in [0.4, 0.5) is 0 Å². The number of rotatable bonds is 3. The molecule has 0 amide bonds. The fourth-order valence-corrected chi connectivity index (χ4v) is 1.84. The van der Waals surface area contributed by atoms with E-state index in [9.17, 15) is 4.79 Å². The summed E-state index contributed by atoms with van der Waals surface area (Å²) in [4.78, 5) is 11.5. The Balaban J connectivity index is 2.40. The van der Waals surface area contributed by atoms with E-state index in [-0.39, 0.29) is 5.97 Å². The highest BCUT2D eigenvalue weighted by atomic mass is 32.2. The van der Waals surface area contributed by atoms with E-state index in [1.807, 2.05) is 25.3 Å². The number of carbonyl (C=O) groups is 1. The zero-order valence-corrected chi connectivity index (χ0v) is 9.52. The van der Waals surface area contributed by atoms with Crippen LogP contribution in [-0.4, -0.2) is 18.2 Å². The molecule has 0 unspecified atom stereocenters. The number of thioether (sulfide) groups is 1. The zero-order chi connectivity index (χ0) is 10.8. The van der Waals surface area contributed by atoms with Crippen molar-refractivity contribution in [2.75, 3.05) is 12.2 Å². The molecule has 0 aliphatic carbocycles. The van der Waals surface area contributed by atoms with Crippen LogP contribution < -0.4 is 4.74 Å². The molecule has 1 aromatic carbocycles. The Bertz CT molecular complexity index is 401. The summed E-state index contributed by atoms with van der Waals surface area (Å²) < 4.78 is 10.5. The topological polar surface area (TPSA) is 35.5 Å². The molecule has 0 bridgehead atoms. The van der Waals surface area contributed by atoms with E-state index in [2.05, 4.69) is 0 Å². The zero-order valence-electron chi connectivity index (χ0n) is 8.70. The molecule has 1 aliphatic heterocycles. The first kappa shape index (κ1) is 10.4. The van der Waals surface area contributed by atoms with Crippen LogP contribution in [0.5, 0.6) is 5.75 Å². The van der Waals surface area contributed by atoms with E-state index in [1.54, 1.807) is 11.8 Å². The Hall–Kier alpha value is -1.16. The summed E-state index contributed by atoms with van der Waals surface area (Å²) in [6.07, 6.45) is 1.95. The van der Waals surface area contributed by atoms with Gasteiger partial charge in [-0.05, 0) is 24.8 Å². The van der Waals surface area contributed by atoms with Crippen molar-refractivity contribution in [1.82, 2.24) is 0 Å². The summed E-state index contributed by atoms with van der Waals surface area (Å²) in [6, 6.07) is 3.79. The maximum Gasteiger partial charge on any atom is 0.342 e. The van der Waals surface area contributed by atoms with Crippen molar-refractivity contribution in [2.45, 2.75) is 13.5 Å². The van der Waals surface area contributed by atoms with E-state index >= 15 is 0 Å². The van der Waals surface area contributed by atoms with Crippen LogP contribution in [0.3, 0.4) is 0 Å². The fraction of sp³-hybridized carbons (Fsp3) is 0.364. The smallest absolute Gasteiger partial charge is 0.342 e. The normalized spacial score (nSPS) is 13.6. The van der Waals surface area contributed by atoms with Crippen LogP contribution in [0, 0.1) is 6.92 Å². The molecule has 0 atom stereocenters. The lowest BCUT2D eigenvalue weighted by molar-refractivity contribution is 0.0532. The molecule has 0 saturated heterocycles. The molecule has 2 rings (SSSR count). The molecule has 4 heteroatoms. The third kappa shape index (κ3) is 1.81. The van der Waals surface area contributed by atoms with E-state index in [4.69, 9.17) is 9.47 Å². The Morgan fingerprint density at radius 3 is 3.07 bits per heavy atom. The van der Waals surface area contributed by atoms with Crippen molar-refractivity contribution >= 4 is 17.7 Å². The number of hydrogen-bond acceptors (Lipinski definition) is 4. The summed E-state index contributed by atoms with van der Waals surface area (Å²) in [5, 5.41) is 0. The highest BCUT2D eigenvalue weighted by Crippen LogP contribution is 2.31. The van der Waals surface area contributed by atoms with E-state index < -0.39 is 0 Å². The van der Waals surface area contributed by atoms with Crippen molar-refractivity contribution in [2.24, 2.45) is 0 Å². The average Bonchev–Trinajstić information content (AvgIpc) is 2.61. The van der Waals surface area contributed by atoms with Crippen molar-refractivity contribution in [3.05, 3.63) is 28.8 Å². The molecule has 1 heterocycles. The largest absolute Gasteiger partial charge is 0.482 e. The van der Waals surface area contributed by atoms with E-state index in [1.165, 1.54) is 0 Å². The van der Waals surface area contributed by atoms with Crippen LogP contribution in [0.1, 0.15) is 21.5 Å². The molecule has 1 aromatic rings. The predicted molar refractivity (Wildman–Crippen MR) is 59.3 cm³/mol. The van der Waals surface area contributed by atoms with Gasteiger partial charge in [0.2, 0.25) is 0 Å². The van der Waals surface area contributed by atoms with Gasteiger partial charge >= 0.3 is 5.97 Å². The first-order chi connectivity index (χ1) is 7.24. The third-order valence-electron chi connectivity index (χ3n) is 2.39. The van der Waals surface area contributed by atoms with Crippen LogP contribution in [0.25, 0.3) is 0 Å². The van der Waals surface area contributed by atoms with Crippen molar-refractivity contribution < 1.29 is 14.3 Å². The van der Waals surface area contributed by atoms with Crippen molar-refractivity contribution in [3.8, 4) is 5.75 Å². The minimum absolute atomic E-state index is 0.273. The lowest BCUT2D eigenvalue weighted by atomic mass is 10.0. The summed E-state index contributed by atoms with van der Waals surface area (Å²) in [5.41, 5.74) is 2.63. The van der Waals surface area contributed by atoms with Gasteiger partial charge in [0.1, 0.15) is 23.9 Å². The van der Waals surface area contributed by atoms with Gasteiger partial charge in [-0.15, -0.1) is 11.8 Å². The van der Waals surface area contributed by atoms with Gasteiger partial charge in [-0.3, -0.25) is 0 Å².